The summed E-state index contributed by atoms with van der Waals surface area (Å²) in [6.07, 6.45) is 1.32. The molecule has 0 N–H and O–H groups in total. The summed E-state index contributed by atoms with van der Waals surface area (Å²) < 4.78 is 0. The average Bonchev–Trinajstić information content (AvgIpc) is 2.36. The van der Waals surface area contributed by atoms with E-state index in [4.69, 9.17) is 21.0 Å². The van der Waals surface area contributed by atoms with Crippen molar-refractivity contribution in [1.29, 1.82) is 21.0 Å². The fourth-order valence-electron chi connectivity index (χ4n) is 1.61. The molecule has 0 amide bonds. The Morgan fingerprint density at radius 1 is 0.824 bits per heavy atom. The van der Waals surface area contributed by atoms with Crippen LogP contribution in [0.15, 0.2) is 6.58 Å². The minimum atomic E-state index is 0.0931. The second-order valence-electron chi connectivity index (χ2n) is 3.19. The highest BCUT2D eigenvalue weighted by molar-refractivity contribution is 5.74. The molecule has 0 fully saturated rings. The van der Waals surface area contributed by atoms with Crippen molar-refractivity contribution < 1.29 is 0 Å². The van der Waals surface area contributed by atoms with E-state index in [0.29, 0.717) is 5.56 Å². The Kier molecular flexibility index (Phi) is 3.26. The lowest BCUT2D eigenvalue weighted by molar-refractivity contribution is 1.29. The van der Waals surface area contributed by atoms with Gasteiger partial charge in [0.15, 0.2) is 0 Å². The molecule has 1 aromatic carbocycles. The predicted octanol–water partition coefficient (Wildman–Crippen LogP) is 2.12. The quantitative estimate of drug-likeness (QED) is 0.721. The van der Waals surface area contributed by atoms with Crippen LogP contribution < -0.4 is 0 Å². The zero-order valence-corrected chi connectivity index (χ0v) is 9.07. The van der Waals surface area contributed by atoms with Gasteiger partial charge in [0, 0.05) is 5.56 Å². The molecule has 0 atom stereocenters. The van der Waals surface area contributed by atoms with Gasteiger partial charge in [-0.15, -0.1) is 0 Å². The summed E-state index contributed by atoms with van der Waals surface area (Å²) in [6.45, 7) is 5.05. The summed E-state index contributed by atoms with van der Waals surface area (Å²) in [4.78, 5) is 0. The summed E-state index contributed by atoms with van der Waals surface area (Å²) in [7, 11) is 0. The lowest BCUT2D eigenvalue weighted by atomic mass is 9.89. The maximum atomic E-state index is 9.03. The second-order valence-corrected chi connectivity index (χ2v) is 3.19. The monoisotopic (exact) mass is 218 g/mol. The van der Waals surface area contributed by atoms with Crippen LogP contribution >= 0.6 is 0 Å². The van der Waals surface area contributed by atoms with Gasteiger partial charge in [-0.05, 0) is 12.5 Å². The van der Waals surface area contributed by atoms with Crippen LogP contribution in [-0.2, 0) is 0 Å². The molecule has 1 aromatic rings. The van der Waals surface area contributed by atoms with Crippen molar-refractivity contribution in [3.8, 4) is 24.3 Å². The highest BCUT2D eigenvalue weighted by Gasteiger charge is 2.19. The molecule has 0 spiro atoms. The smallest absolute Gasteiger partial charge is 0.101 e. The maximum absolute atomic E-state index is 9.03. The Hall–Kier alpha value is -3.08. The van der Waals surface area contributed by atoms with E-state index in [1.165, 1.54) is 6.08 Å². The SMILES string of the molecule is C=Cc1c(C#N)c(C#N)c(C)c(C#N)c1C#N. The fraction of sp³-hybridized carbons (Fsp3) is 0.0769. The maximum Gasteiger partial charge on any atom is 0.101 e. The van der Waals surface area contributed by atoms with Crippen molar-refractivity contribution in [3.05, 3.63) is 40.0 Å². The molecule has 0 aliphatic heterocycles. The van der Waals surface area contributed by atoms with Crippen LogP contribution in [0.25, 0.3) is 6.08 Å². The lowest BCUT2D eigenvalue weighted by Crippen LogP contribution is -2.02. The van der Waals surface area contributed by atoms with Crippen molar-refractivity contribution in [2.75, 3.05) is 0 Å². The number of nitriles is 4. The minimum Gasteiger partial charge on any atom is -0.192 e. The third-order valence-electron chi connectivity index (χ3n) is 2.44. The predicted molar refractivity (Wildman–Crippen MR) is 60.1 cm³/mol. The first-order valence-electron chi connectivity index (χ1n) is 4.59. The number of rotatable bonds is 1. The van der Waals surface area contributed by atoms with Gasteiger partial charge >= 0.3 is 0 Å². The molecular weight excluding hydrogens is 212 g/mol. The molecular formula is C13H6N4. The third kappa shape index (κ3) is 1.61. The van der Waals surface area contributed by atoms with E-state index in [1.807, 2.05) is 24.3 Å². The fourth-order valence-corrected chi connectivity index (χ4v) is 1.61. The number of hydrogen-bond donors (Lipinski definition) is 0. The van der Waals surface area contributed by atoms with Crippen molar-refractivity contribution in [2.45, 2.75) is 6.92 Å². The van der Waals surface area contributed by atoms with Crippen molar-refractivity contribution in [1.82, 2.24) is 0 Å². The molecule has 17 heavy (non-hydrogen) atoms. The molecule has 1 rings (SSSR count). The molecule has 4 nitrogen and oxygen atoms in total. The van der Waals surface area contributed by atoms with Gasteiger partial charge in [0.25, 0.3) is 0 Å². The minimum absolute atomic E-state index is 0.0931. The van der Waals surface area contributed by atoms with E-state index in [0.717, 1.165) is 0 Å². The summed E-state index contributed by atoms with van der Waals surface area (Å²) in [5, 5.41) is 36.1. The molecule has 0 radical (unpaired) electrons. The van der Waals surface area contributed by atoms with E-state index in [9.17, 15) is 0 Å². The van der Waals surface area contributed by atoms with E-state index in [2.05, 4.69) is 6.58 Å². The second kappa shape index (κ2) is 4.63. The highest BCUT2D eigenvalue weighted by atomic mass is 14.3. The first-order valence-corrected chi connectivity index (χ1v) is 4.59. The van der Waals surface area contributed by atoms with Crippen molar-refractivity contribution in [2.24, 2.45) is 0 Å². The Morgan fingerprint density at radius 3 is 1.41 bits per heavy atom. The van der Waals surface area contributed by atoms with Crippen LogP contribution in [0.3, 0.4) is 0 Å². The Balaban J connectivity index is 4.07. The summed E-state index contributed by atoms with van der Waals surface area (Å²) in [6, 6.07) is 7.53. The zero-order valence-electron chi connectivity index (χ0n) is 9.07. The van der Waals surface area contributed by atoms with Gasteiger partial charge in [-0.3, -0.25) is 0 Å². The van der Waals surface area contributed by atoms with Crippen molar-refractivity contribution in [3.63, 3.8) is 0 Å². The Morgan fingerprint density at radius 2 is 1.18 bits per heavy atom. The van der Waals surface area contributed by atoms with Crippen LogP contribution in [-0.4, -0.2) is 0 Å². The molecule has 0 heterocycles. The molecule has 0 aliphatic rings. The molecule has 0 unspecified atom stereocenters. The zero-order chi connectivity index (χ0) is 13.0. The highest BCUT2D eigenvalue weighted by Crippen LogP contribution is 2.27. The summed E-state index contributed by atoms with van der Waals surface area (Å²) in [5.74, 6) is 0. The topological polar surface area (TPSA) is 95.2 Å². The number of nitrogens with zero attached hydrogens (tertiary/aromatic N) is 4. The van der Waals surface area contributed by atoms with Crippen molar-refractivity contribution >= 4 is 6.08 Å². The summed E-state index contributed by atoms with van der Waals surface area (Å²) >= 11 is 0. The molecule has 4 heteroatoms. The van der Waals surface area contributed by atoms with E-state index >= 15 is 0 Å². The van der Waals surface area contributed by atoms with E-state index in [-0.39, 0.29) is 27.8 Å². The van der Waals surface area contributed by atoms with Gasteiger partial charge in [-0.25, -0.2) is 0 Å². The van der Waals surface area contributed by atoms with Crippen LogP contribution in [0.4, 0.5) is 0 Å². The molecule has 0 saturated heterocycles. The molecule has 0 bridgehead atoms. The normalized spacial score (nSPS) is 8.29. The van der Waals surface area contributed by atoms with E-state index < -0.39 is 0 Å². The number of benzene rings is 1. The average molecular weight is 218 g/mol. The summed E-state index contributed by atoms with van der Waals surface area (Å²) in [5.41, 5.74) is 1.03. The van der Waals surface area contributed by atoms with Gasteiger partial charge in [-0.1, -0.05) is 12.7 Å². The van der Waals surface area contributed by atoms with Gasteiger partial charge in [0.05, 0.1) is 22.3 Å². The largest absolute Gasteiger partial charge is 0.192 e. The standard InChI is InChI=1S/C13H6N4/c1-3-9-12(6-16)10(4-14)8(2)11(5-15)13(9)7-17/h3H,1H2,2H3. The lowest BCUT2D eigenvalue weighted by Gasteiger charge is -2.09. The first kappa shape index (κ1) is 12.0. The molecule has 0 saturated carbocycles. The van der Waals surface area contributed by atoms with Gasteiger partial charge in [-0.2, -0.15) is 21.0 Å². The van der Waals surface area contributed by atoms with Crippen LogP contribution in [0.2, 0.25) is 0 Å². The van der Waals surface area contributed by atoms with Crippen LogP contribution in [0, 0.1) is 52.2 Å². The molecule has 78 valence electrons. The molecule has 0 aromatic heterocycles. The molecule has 0 aliphatic carbocycles. The van der Waals surface area contributed by atoms with Crippen LogP contribution in [0.5, 0.6) is 0 Å². The van der Waals surface area contributed by atoms with Crippen LogP contribution in [0.1, 0.15) is 33.4 Å². The van der Waals surface area contributed by atoms with Gasteiger partial charge < -0.3 is 0 Å². The van der Waals surface area contributed by atoms with E-state index in [1.54, 1.807) is 6.92 Å². The van der Waals surface area contributed by atoms with Gasteiger partial charge in [0.1, 0.15) is 24.3 Å². The number of hydrogen-bond acceptors (Lipinski definition) is 4. The third-order valence-corrected chi connectivity index (χ3v) is 2.44. The Labute approximate surface area is 98.9 Å². The Bertz CT molecular complexity index is 617. The van der Waals surface area contributed by atoms with Gasteiger partial charge in [0.2, 0.25) is 0 Å². The first-order chi connectivity index (χ1) is 8.15.